The molecule has 0 saturated heterocycles. The Bertz CT molecular complexity index is 386. The number of hydrogen-bond acceptors (Lipinski definition) is 3. The molecule has 1 aromatic rings. The van der Waals surface area contributed by atoms with Crippen LogP contribution >= 0.6 is 68.6 Å². The van der Waals surface area contributed by atoms with E-state index in [0.29, 0.717) is 0 Å². The van der Waals surface area contributed by atoms with Gasteiger partial charge in [-0.3, -0.25) is 0 Å². The summed E-state index contributed by atoms with van der Waals surface area (Å²) in [5.41, 5.74) is -1.92. The molecule has 1 aromatic heterocycles. The third kappa shape index (κ3) is 3.10. The summed E-state index contributed by atoms with van der Waals surface area (Å²) in [4.78, 5) is 33.2. The molecule has 0 spiro atoms. The van der Waals surface area contributed by atoms with E-state index < -0.39 is 17.1 Å². The van der Waals surface area contributed by atoms with Crippen LogP contribution in [0.2, 0.25) is 0 Å². The van der Waals surface area contributed by atoms with E-state index in [4.69, 9.17) is 0 Å². The van der Waals surface area contributed by atoms with Gasteiger partial charge in [0.15, 0.2) is 0 Å². The molecule has 0 atom stereocenters. The molecule has 0 aliphatic heterocycles. The Kier molecular flexibility index (Phi) is 7.14. The Morgan fingerprint density at radius 1 is 0.692 bits per heavy atom. The van der Waals surface area contributed by atoms with E-state index in [0.717, 1.165) is 8.34 Å². The minimum Gasteiger partial charge on any atom is -0.246 e. The zero-order chi connectivity index (χ0) is 9.46. The molecule has 1 rings (SSSR count). The molecule has 0 unspecified atom stereocenters. The summed E-state index contributed by atoms with van der Waals surface area (Å²) in [5, 5.41) is 0. The standard InChI is InChI=1S/C3I3N3O3.K/c4-7-1(10)8(5)3(12)9(6)2(7)11;. The molecule has 0 bridgehead atoms. The van der Waals surface area contributed by atoms with Crippen LogP contribution in [0.25, 0.3) is 0 Å². The van der Waals surface area contributed by atoms with Crippen LogP contribution in [0.4, 0.5) is 0 Å². The van der Waals surface area contributed by atoms with E-state index in [9.17, 15) is 14.4 Å². The van der Waals surface area contributed by atoms with Crippen LogP contribution in [0.1, 0.15) is 0 Å². The summed E-state index contributed by atoms with van der Waals surface area (Å²) >= 11 is 4.61. The summed E-state index contributed by atoms with van der Waals surface area (Å²) in [6, 6.07) is 0. The van der Waals surface area contributed by atoms with Gasteiger partial charge in [-0.15, -0.1) is 0 Å². The number of halogens is 3. The largest absolute Gasteiger partial charge is 0.354 e. The van der Waals surface area contributed by atoms with Crippen LogP contribution in [0, 0.1) is 0 Å². The Hall–Kier alpha value is 2.24. The van der Waals surface area contributed by atoms with Crippen molar-refractivity contribution in [2.75, 3.05) is 0 Å². The summed E-state index contributed by atoms with van der Waals surface area (Å²) in [5.74, 6) is 0. The van der Waals surface area contributed by atoms with E-state index in [-0.39, 0.29) is 51.4 Å². The Morgan fingerprint density at radius 2 is 0.846 bits per heavy atom. The van der Waals surface area contributed by atoms with Crippen LogP contribution in [0.15, 0.2) is 14.4 Å². The normalized spacial score (nSPS) is 9.46. The van der Waals surface area contributed by atoms with Crippen LogP contribution < -0.4 is 17.1 Å². The summed E-state index contributed by atoms with van der Waals surface area (Å²) in [7, 11) is 0. The number of aromatic nitrogens is 3. The van der Waals surface area contributed by atoms with Gasteiger partial charge >= 0.3 is 17.1 Å². The molecule has 0 N–H and O–H groups in total. The van der Waals surface area contributed by atoms with Gasteiger partial charge in [0.1, 0.15) is 0 Å². The predicted molar refractivity (Wildman–Crippen MR) is 73.2 cm³/mol. The second-order valence-electron chi connectivity index (χ2n) is 1.69. The third-order valence-corrected chi connectivity index (χ3v) is 3.48. The van der Waals surface area contributed by atoms with Crippen LogP contribution in [0.3, 0.4) is 0 Å². The zero-order valence-corrected chi connectivity index (χ0v) is 15.8. The van der Waals surface area contributed by atoms with Gasteiger partial charge in [-0.25, -0.2) is 14.4 Å². The van der Waals surface area contributed by atoms with Crippen molar-refractivity contribution in [2.24, 2.45) is 0 Å². The fourth-order valence-corrected chi connectivity index (χ4v) is 3.01. The quantitative estimate of drug-likeness (QED) is 0.323. The van der Waals surface area contributed by atoms with Crippen molar-refractivity contribution < 1.29 is 0 Å². The van der Waals surface area contributed by atoms with Gasteiger partial charge in [0.05, 0.1) is 68.6 Å². The monoisotopic (exact) mass is 546 g/mol. The van der Waals surface area contributed by atoms with Crippen LogP contribution in [-0.2, 0) is 0 Å². The maximum absolute atomic E-state index is 11.1. The molecule has 6 nitrogen and oxygen atoms in total. The van der Waals surface area contributed by atoms with E-state index in [2.05, 4.69) is 0 Å². The molecule has 0 aromatic carbocycles. The van der Waals surface area contributed by atoms with Crippen LogP contribution in [-0.4, -0.2) is 59.7 Å². The number of nitrogens with zero attached hydrogens (tertiary/aromatic N) is 3. The van der Waals surface area contributed by atoms with Crippen molar-refractivity contribution in [1.82, 2.24) is 8.34 Å². The first kappa shape index (κ1) is 15.2. The third-order valence-electron chi connectivity index (χ3n) is 1.01. The Morgan fingerprint density at radius 3 is 1.00 bits per heavy atom. The molecular formula is C3I3KN3O3. The molecule has 1 radical (unpaired) electrons. The molecular weight excluding hydrogens is 546 g/mol. The first-order valence-electron chi connectivity index (χ1n) is 2.46. The molecule has 0 aliphatic carbocycles. The molecule has 0 amide bonds. The Balaban J connectivity index is 0.00000144. The maximum atomic E-state index is 11.1. The summed E-state index contributed by atoms with van der Waals surface area (Å²) in [6.07, 6.45) is 0. The van der Waals surface area contributed by atoms with Gasteiger partial charge in [0.25, 0.3) is 0 Å². The molecule has 13 heavy (non-hydrogen) atoms. The summed E-state index contributed by atoms with van der Waals surface area (Å²) in [6.45, 7) is 0. The average Bonchev–Trinajstić information content (AvgIpc) is 2.08. The minimum atomic E-state index is -0.640. The molecule has 0 saturated carbocycles. The zero-order valence-electron chi connectivity index (χ0n) is 6.20. The van der Waals surface area contributed by atoms with E-state index in [1.54, 1.807) is 0 Å². The summed E-state index contributed by atoms with van der Waals surface area (Å²) < 4.78 is 2.49. The van der Waals surface area contributed by atoms with Crippen molar-refractivity contribution in [3.8, 4) is 0 Å². The van der Waals surface area contributed by atoms with Gasteiger partial charge in [-0.05, 0) is 0 Å². The van der Waals surface area contributed by atoms with Gasteiger partial charge in [0.2, 0.25) is 0 Å². The van der Waals surface area contributed by atoms with Crippen molar-refractivity contribution in [3.05, 3.63) is 31.5 Å². The molecule has 67 valence electrons. The van der Waals surface area contributed by atoms with E-state index in [1.165, 1.54) is 68.6 Å². The predicted octanol–water partition coefficient (Wildman–Crippen LogP) is -0.615. The first-order valence-corrected chi connectivity index (χ1v) is 5.36. The van der Waals surface area contributed by atoms with Crippen molar-refractivity contribution in [2.45, 2.75) is 0 Å². The Labute approximate surface area is 156 Å². The molecule has 0 aliphatic rings. The van der Waals surface area contributed by atoms with Gasteiger partial charge in [-0.1, -0.05) is 0 Å². The van der Waals surface area contributed by atoms with E-state index in [1.807, 2.05) is 0 Å². The molecule has 1 heterocycles. The molecule has 0 fully saturated rings. The number of hydrogen-bond donors (Lipinski definition) is 0. The van der Waals surface area contributed by atoms with Crippen molar-refractivity contribution in [1.29, 1.82) is 0 Å². The van der Waals surface area contributed by atoms with E-state index >= 15 is 0 Å². The molecule has 10 heteroatoms. The van der Waals surface area contributed by atoms with Crippen molar-refractivity contribution >= 4 is 120 Å². The smallest absolute Gasteiger partial charge is 0.246 e. The van der Waals surface area contributed by atoms with Crippen LogP contribution in [0.5, 0.6) is 0 Å². The first-order chi connectivity index (χ1) is 5.46. The van der Waals surface area contributed by atoms with Gasteiger partial charge in [0, 0.05) is 51.4 Å². The maximum Gasteiger partial charge on any atom is 0.354 e. The van der Waals surface area contributed by atoms with Gasteiger partial charge in [-0.2, -0.15) is 8.34 Å². The topological polar surface area (TPSA) is 66.0 Å². The average molecular weight is 546 g/mol. The second-order valence-corrected chi connectivity index (χ2v) is 4.58. The fourth-order valence-electron chi connectivity index (χ4n) is 0.477. The number of rotatable bonds is 0. The second kappa shape index (κ2) is 6.09. The SMILES string of the molecule is O=c1n(I)c(=O)n(I)c(=O)n1I.[K]. The van der Waals surface area contributed by atoms with Crippen molar-refractivity contribution in [3.63, 3.8) is 0 Å². The fraction of sp³-hybridized carbons (Fsp3) is 0. The minimum absolute atomic E-state index is 0. The van der Waals surface area contributed by atoms with Gasteiger partial charge < -0.3 is 0 Å².